The van der Waals surface area contributed by atoms with Gasteiger partial charge in [0.2, 0.25) is 0 Å². The van der Waals surface area contributed by atoms with Crippen LogP contribution in [0.3, 0.4) is 0 Å². The first kappa shape index (κ1) is 16.3. The average molecular weight is 359 g/mol. The summed E-state index contributed by atoms with van der Waals surface area (Å²) in [4.78, 5) is 0. The van der Waals surface area contributed by atoms with Crippen molar-refractivity contribution in [2.45, 2.75) is 0 Å². The summed E-state index contributed by atoms with van der Waals surface area (Å²) in [5, 5.41) is 8.13. The second-order valence-electron chi connectivity index (χ2n) is 5.85. The zero-order valence-electron chi connectivity index (χ0n) is 14.2. The Morgan fingerprint density at radius 3 is 1.88 bits per heavy atom. The highest BCUT2D eigenvalue weighted by Crippen LogP contribution is 2.36. The molecule has 0 amide bonds. The Hall–Kier alpha value is -3.18. The van der Waals surface area contributed by atoms with Crippen LogP contribution < -0.4 is 15.5 Å². The third kappa shape index (κ3) is 3.05. The second-order valence-corrected chi connectivity index (χ2v) is 6.25. The van der Waals surface area contributed by atoms with Crippen LogP contribution >= 0.6 is 12.2 Å². The summed E-state index contributed by atoms with van der Waals surface area (Å²) in [5.74, 6) is 0.800. The lowest BCUT2D eigenvalue weighted by atomic mass is 10.1. The first-order valence-corrected chi connectivity index (χ1v) is 8.65. The molecule has 4 nitrogen and oxygen atoms in total. The normalized spacial score (nSPS) is 11.3. The van der Waals surface area contributed by atoms with Crippen LogP contribution in [0.25, 0.3) is 11.1 Å². The molecule has 4 rings (SSSR count). The molecule has 0 saturated carbocycles. The smallest absolute Gasteiger partial charge is 0.191 e. The maximum atomic E-state index is 5.37. The fourth-order valence-corrected chi connectivity index (χ4v) is 3.22. The standard InChI is InChI=1S/C21H17N3OS/c1-25-15-12-10-14(11-13-15)22-21(26)24-23-20-18-8-4-2-6-16(18)17-7-3-5-9-19(17)20/h2-13H,1H3,(H2,22,24,26). The minimum atomic E-state index is 0.435. The Labute approximate surface area is 157 Å². The van der Waals surface area contributed by atoms with E-state index in [-0.39, 0.29) is 0 Å². The van der Waals surface area contributed by atoms with Crippen LogP contribution in [0.5, 0.6) is 5.75 Å². The molecule has 0 unspecified atom stereocenters. The van der Waals surface area contributed by atoms with Gasteiger partial charge in [0.15, 0.2) is 5.11 Å². The molecule has 2 N–H and O–H groups in total. The quantitative estimate of drug-likeness (QED) is 0.420. The minimum absolute atomic E-state index is 0.435. The summed E-state index contributed by atoms with van der Waals surface area (Å²) in [6.07, 6.45) is 0. The van der Waals surface area contributed by atoms with E-state index >= 15 is 0 Å². The molecule has 0 saturated heterocycles. The van der Waals surface area contributed by atoms with E-state index in [1.54, 1.807) is 7.11 Å². The number of hydrogen-bond donors (Lipinski definition) is 2. The molecule has 0 spiro atoms. The van der Waals surface area contributed by atoms with Gasteiger partial charge < -0.3 is 10.1 Å². The molecule has 1 aliphatic carbocycles. The summed E-state index contributed by atoms with van der Waals surface area (Å²) >= 11 is 5.37. The third-order valence-electron chi connectivity index (χ3n) is 4.27. The highest BCUT2D eigenvalue weighted by Gasteiger charge is 2.23. The average Bonchev–Trinajstić information content (AvgIpc) is 3.01. The molecule has 3 aromatic rings. The number of nitrogens with zero attached hydrogens (tertiary/aromatic N) is 1. The number of ether oxygens (including phenoxy) is 1. The molecule has 128 valence electrons. The van der Waals surface area contributed by atoms with E-state index in [1.165, 1.54) is 11.1 Å². The van der Waals surface area contributed by atoms with Gasteiger partial charge in [-0.1, -0.05) is 48.5 Å². The molecule has 5 heteroatoms. The van der Waals surface area contributed by atoms with Crippen molar-refractivity contribution in [3.05, 3.63) is 83.9 Å². The van der Waals surface area contributed by atoms with Gasteiger partial charge in [-0.15, -0.1) is 0 Å². The van der Waals surface area contributed by atoms with E-state index in [0.29, 0.717) is 5.11 Å². The molecule has 0 aromatic heterocycles. The van der Waals surface area contributed by atoms with E-state index in [4.69, 9.17) is 17.0 Å². The van der Waals surface area contributed by atoms with E-state index in [1.807, 2.05) is 48.5 Å². The van der Waals surface area contributed by atoms with Gasteiger partial charge in [-0.25, -0.2) is 0 Å². The summed E-state index contributed by atoms with van der Waals surface area (Å²) in [6.45, 7) is 0. The first-order chi connectivity index (χ1) is 12.8. The number of benzene rings is 3. The minimum Gasteiger partial charge on any atom is -0.497 e. The summed E-state index contributed by atoms with van der Waals surface area (Å²) in [7, 11) is 1.64. The Morgan fingerprint density at radius 2 is 1.35 bits per heavy atom. The maximum absolute atomic E-state index is 5.37. The molecule has 0 heterocycles. The van der Waals surface area contributed by atoms with E-state index in [2.05, 4.69) is 40.1 Å². The topological polar surface area (TPSA) is 45.6 Å². The fraction of sp³-hybridized carbons (Fsp3) is 0.0476. The van der Waals surface area contributed by atoms with Crippen molar-refractivity contribution in [2.24, 2.45) is 5.10 Å². The van der Waals surface area contributed by atoms with Crippen molar-refractivity contribution in [2.75, 3.05) is 12.4 Å². The van der Waals surface area contributed by atoms with Crippen molar-refractivity contribution in [3.8, 4) is 16.9 Å². The number of hydrazone groups is 1. The molecule has 3 aromatic carbocycles. The molecule has 0 bridgehead atoms. The van der Waals surface area contributed by atoms with Crippen molar-refractivity contribution >= 4 is 28.7 Å². The van der Waals surface area contributed by atoms with Gasteiger partial charge in [0.25, 0.3) is 0 Å². The van der Waals surface area contributed by atoms with Crippen LogP contribution in [-0.2, 0) is 0 Å². The number of rotatable bonds is 3. The maximum Gasteiger partial charge on any atom is 0.191 e. The molecule has 26 heavy (non-hydrogen) atoms. The van der Waals surface area contributed by atoms with Crippen LogP contribution in [0.4, 0.5) is 5.69 Å². The lowest BCUT2D eigenvalue weighted by Gasteiger charge is -2.09. The predicted molar refractivity (Wildman–Crippen MR) is 110 cm³/mol. The molecular weight excluding hydrogens is 342 g/mol. The molecule has 1 aliphatic rings. The lowest BCUT2D eigenvalue weighted by Crippen LogP contribution is -2.25. The van der Waals surface area contributed by atoms with Gasteiger partial charge in [0.1, 0.15) is 5.75 Å². The molecular formula is C21H17N3OS. The first-order valence-electron chi connectivity index (χ1n) is 8.24. The zero-order chi connectivity index (χ0) is 17.9. The number of fused-ring (bicyclic) bond motifs is 3. The van der Waals surface area contributed by atoms with Crippen molar-refractivity contribution in [1.29, 1.82) is 0 Å². The van der Waals surface area contributed by atoms with Crippen LogP contribution in [0.15, 0.2) is 77.9 Å². The van der Waals surface area contributed by atoms with Crippen molar-refractivity contribution < 1.29 is 4.74 Å². The predicted octanol–water partition coefficient (Wildman–Crippen LogP) is 4.41. The molecule has 0 fully saturated rings. The van der Waals surface area contributed by atoms with Crippen LogP contribution in [0, 0.1) is 0 Å². The summed E-state index contributed by atoms with van der Waals surface area (Å²) in [6, 6.07) is 24.1. The Balaban J connectivity index is 1.55. The zero-order valence-corrected chi connectivity index (χ0v) is 15.0. The molecule has 0 atom stereocenters. The van der Waals surface area contributed by atoms with Gasteiger partial charge in [-0.3, -0.25) is 5.43 Å². The van der Waals surface area contributed by atoms with Gasteiger partial charge in [0.05, 0.1) is 12.8 Å². The second kappa shape index (κ2) is 6.98. The van der Waals surface area contributed by atoms with Gasteiger partial charge >= 0.3 is 0 Å². The lowest BCUT2D eigenvalue weighted by molar-refractivity contribution is 0.415. The van der Waals surface area contributed by atoms with Crippen LogP contribution in [-0.4, -0.2) is 17.9 Å². The Morgan fingerprint density at radius 1 is 0.808 bits per heavy atom. The SMILES string of the molecule is COc1ccc(NC(=S)NN=C2c3ccccc3-c3ccccc32)cc1. The van der Waals surface area contributed by atoms with E-state index < -0.39 is 0 Å². The van der Waals surface area contributed by atoms with Crippen LogP contribution in [0.1, 0.15) is 11.1 Å². The number of thiocarbonyl (C=S) groups is 1. The van der Waals surface area contributed by atoms with E-state index in [0.717, 1.165) is 28.3 Å². The molecule has 0 radical (unpaired) electrons. The third-order valence-corrected chi connectivity index (χ3v) is 4.47. The number of hydrogen-bond acceptors (Lipinski definition) is 3. The Bertz CT molecular complexity index is 949. The van der Waals surface area contributed by atoms with Gasteiger partial charge in [-0.2, -0.15) is 5.10 Å². The summed E-state index contributed by atoms with van der Waals surface area (Å²) < 4.78 is 5.16. The highest BCUT2D eigenvalue weighted by molar-refractivity contribution is 7.80. The van der Waals surface area contributed by atoms with Crippen molar-refractivity contribution in [3.63, 3.8) is 0 Å². The van der Waals surface area contributed by atoms with Crippen LogP contribution in [0.2, 0.25) is 0 Å². The number of anilines is 1. The molecule has 0 aliphatic heterocycles. The number of methoxy groups -OCH3 is 1. The number of nitrogens with one attached hydrogen (secondary N) is 2. The van der Waals surface area contributed by atoms with E-state index in [9.17, 15) is 0 Å². The summed E-state index contributed by atoms with van der Waals surface area (Å²) in [5.41, 5.74) is 9.32. The van der Waals surface area contributed by atoms with Crippen molar-refractivity contribution in [1.82, 2.24) is 5.43 Å². The fourth-order valence-electron chi connectivity index (χ4n) is 3.05. The highest BCUT2D eigenvalue weighted by atomic mass is 32.1. The van der Waals surface area contributed by atoms with Gasteiger partial charge in [0, 0.05) is 16.8 Å². The van der Waals surface area contributed by atoms with Gasteiger partial charge in [-0.05, 0) is 47.6 Å². The monoisotopic (exact) mass is 359 g/mol. The largest absolute Gasteiger partial charge is 0.497 e. The Kier molecular flexibility index (Phi) is 4.37.